The molecule has 3 rings (SSSR count). The van der Waals surface area contributed by atoms with Crippen LogP contribution in [-0.4, -0.2) is 55.8 Å². The minimum Gasteiger partial charge on any atom is -0.497 e. The van der Waals surface area contributed by atoms with E-state index >= 15 is 0 Å². The lowest BCUT2D eigenvalue weighted by atomic mass is 10.1. The van der Waals surface area contributed by atoms with Crippen LogP contribution in [0.3, 0.4) is 0 Å². The zero-order valence-electron chi connectivity index (χ0n) is 19.9. The van der Waals surface area contributed by atoms with Gasteiger partial charge in [-0.05, 0) is 45.0 Å². The van der Waals surface area contributed by atoms with Gasteiger partial charge in [0, 0.05) is 11.6 Å². The van der Waals surface area contributed by atoms with E-state index in [1.165, 1.54) is 7.11 Å². The molecule has 34 heavy (non-hydrogen) atoms. The number of aromatic nitrogens is 2. The summed E-state index contributed by atoms with van der Waals surface area (Å²) in [6.07, 6.45) is 0. The molecule has 0 aliphatic carbocycles. The summed E-state index contributed by atoms with van der Waals surface area (Å²) >= 11 is 1.14. The van der Waals surface area contributed by atoms with Crippen LogP contribution >= 0.6 is 11.8 Å². The number of nitrogens with zero attached hydrogens (tertiary/aromatic N) is 2. The summed E-state index contributed by atoms with van der Waals surface area (Å²) in [5.41, 5.74) is 1.07. The number of thioether (sulfide) groups is 1. The second-order valence-corrected chi connectivity index (χ2v) is 7.68. The number of rotatable bonds is 13. The lowest BCUT2D eigenvalue weighted by Gasteiger charge is -2.16. The molecule has 0 unspecified atom stereocenters. The minimum absolute atomic E-state index is 0.0992. The molecule has 0 N–H and O–H groups in total. The van der Waals surface area contributed by atoms with Gasteiger partial charge in [-0.1, -0.05) is 11.8 Å². The largest absolute Gasteiger partial charge is 0.497 e. The topological polar surface area (TPSA) is 102 Å². The molecule has 0 amide bonds. The fourth-order valence-corrected chi connectivity index (χ4v) is 3.78. The van der Waals surface area contributed by atoms with Crippen molar-refractivity contribution in [2.24, 2.45) is 0 Å². The quantitative estimate of drug-likeness (QED) is 0.243. The van der Waals surface area contributed by atoms with Crippen LogP contribution in [0, 0.1) is 0 Å². The molecule has 0 aliphatic heterocycles. The van der Waals surface area contributed by atoms with Gasteiger partial charge in [-0.3, -0.25) is 4.79 Å². The predicted molar refractivity (Wildman–Crippen MR) is 128 cm³/mol. The maximum Gasteiger partial charge on any atom is 0.277 e. The van der Waals surface area contributed by atoms with Gasteiger partial charge in [0.15, 0.2) is 17.3 Å². The first-order chi connectivity index (χ1) is 16.5. The number of Topliss-reactive ketones (excluding diaryl/α,β-unsaturated/α-hetero) is 1. The van der Waals surface area contributed by atoms with Crippen LogP contribution < -0.4 is 23.7 Å². The number of hydrogen-bond acceptors (Lipinski definition) is 10. The maximum atomic E-state index is 12.7. The van der Waals surface area contributed by atoms with Gasteiger partial charge in [0.2, 0.25) is 11.6 Å². The van der Waals surface area contributed by atoms with E-state index in [1.54, 1.807) is 37.4 Å². The second-order valence-electron chi connectivity index (χ2n) is 6.75. The van der Waals surface area contributed by atoms with Gasteiger partial charge in [0.1, 0.15) is 11.5 Å². The van der Waals surface area contributed by atoms with Crippen LogP contribution in [0.15, 0.2) is 40.0 Å². The number of carbonyl (C=O) groups is 1. The van der Waals surface area contributed by atoms with Crippen molar-refractivity contribution in [1.82, 2.24) is 10.2 Å². The molecule has 0 radical (unpaired) electrons. The molecule has 3 aromatic rings. The summed E-state index contributed by atoms with van der Waals surface area (Å²) in [6, 6.07) is 8.59. The van der Waals surface area contributed by atoms with Crippen molar-refractivity contribution >= 4 is 17.5 Å². The molecular formula is C24H28N2O7S. The van der Waals surface area contributed by atoms with Gasteiger partial charge in [-0.2, -0.15) is 0 Å². The summed E-state index contributed by atoms with van der Waals surface area (Å²) in [5, 5.41) is 8.46. The SMILES string of the molecule is CCOc1cc(-c2nnc(SCC(=O)c3ccc(OC)cc3OC)o2)cc(OCC)c1OCC. The fraction of sp³-hybridized carbons (Fsp3) is 0.375. The molecule has 0 saturated heterocycles. The molecule has 9 nitrogen and oxygen atoms in total. The number of hydrogen-bond donors (Lipinski definition) is 0. The fourth-order valence-electron chi connectivity index (χ4n) is 3.13. The smallest absolute Gasteiger partial charge is 0.277 e. The summed E-state index contributed by atoms with van der Waals surface area (Å²) in [4.78, 5) is 12.7. The standard InChI is InChI=1S/C24H28N2O7S/c1-6-30-20-11-15(12-21(31-7-2)22(20)32-8-3)23-25-26-24(33-23)34-14-18(27)17-10-9-16(28-4)13-19(17)29-5/h9-13H,6-8,14H2,1-5H3. The third-order valence-electron chi connectivity index (χ3n) is 4.60. The third kappa shape index (κ3) is 5.93. The Morgan fingerprint density at radius 1 is 0.882 bits per heavy atom. The monoisotopic (exact) mass is 488 g/mol. The normalized spacial score (nSPS) is 10.6. The Kier molecular flexibility index (Phi) is 9.03. The summed E-state index contributed by atoms with van der Waals surface area (Å²) < 4.78 is 33.5. The van der Waals surface area contributed by atoms with E-state index in [2.05, 4.69) is 10.2 Å². The van der Waals surface area contributed by atoms with Crippen molar-refractivity contribution < 1.29 is 32.9 Å². The second kappa shape index (κ2) is 12.2. The number of ether oxygens (including phenoxy) is 5. The Hall–Kier alpha value is -3.40. The van der Waals surface area contributed by atoms with Gasteiger partial charge < -0.3 is 28.1 Å². The molecular weight excluding hydrogens is 460 g/mol. The number of ketones is 1. The third-order valence-corrected chi connectivity index (χ3v) is 5.42. The van der Waals surface area contributed by atoms with E-state index in [4.69, 9.17) is 28.1 Å². The zero-order valence-corrected chi connectivity index (χ0v) is 20.7. The van der Waals surface area contributed by atoms with E-state index in [9.17, 15) is 4.79 Å². The molecule has 0 saturated carbocycles. The van der Waals surface area contributed by atoms with E-state index in [0.717, 1.165) is 11.8 Å². The van der Waals surface area contributed by atoms with Crippen molar-refractivity contribution in [3.63, 3.8) is 0 Å². The molecule has 0 spiro atoms. The lowest BCUT2D eigenvalue weighted by Crippen LogP contribution is -2.05. The number of methoxy groups -OCH3 is 2. The minimum atomic E-state index is -0.136. The first-order valence-corrected chi connectivity index (χ1v) is 11.8. The van der Waals surface area contributed by atoms with Gasteiger partial charge in [0.25, 0.3) is 5.22 Å². The molecule has 182 valence electrons. The molecule has 0 bridgehead atoms. The average molecular weight is 489 g/mol. The van der Waals surface area contributed by atoms with Crippen LogP contribution in [0.1, 0.15) is 31.1 Å². The van der Waals surface area contributed by atoms with Crippen LogP contribution in [0.25, 0.3) is 11.5 Å². The summed E-state index contributed by atoms with van der Waals surface area (Å²) in [6.45, 7) is 7.05. The van der Waals surface area contributed by atoms with Crippen molar-refractivity contribution in [3.05, 3.63) is 35.9 Å². The van der Waals surface area contributed by atoms with Crippen molar-refractivity contribution in [1.29, 1.82) is 0 Å². The van der Waals surface area contributed by atoms with E-state index in [1.807, 2.05) is 20.8 Å². The first-order valence-electron chi connectivity index (χ1n) is 10.8. The molecule has 1 aromatic heterocycles. The van der Waals surface area contributed by atoms with Crippen LogP contribution in [0.2, 0.25) is 0 Å². The van der Waals surface area contributed by atoms with Gasteiger partial charge in [-0.25, -0.2) is 0 Å². The van der Waals surface area contributed by atoms with Gasteiger partial charge in [-0.15, -0.1) is 10.2 Å². The van der Waals surface area contributed by atoms with Crippen LogP contribution in [0.5, 0.6) is 28.7 Å². The summed E-state index contributed by atoms with van der Waals surface area (Å²) in [5.74, 6) is 2.88. The Bertz CT molecular complexity index is 1090. The Morgan fingerprint density at radius 3 is 2.15 bits per heavy atom. The average Bonchev–Trinajstić information content (AvgIpc) is 3.33. The number of carbonyl (C=O) groups excluding carboxylic acids is 1. The van der Waals surface area contributed by atoms with Gasteiger partial charge in [0.05, 0.1) is 45.4 Å². The highest BCUT2D eigenvalue weighted by molar-refractivity contribution is 7.99. The summed E-state index contributed by atoms with van der Waals surface area (Å²) in [7, 11) is 3.06. The highest BCUT2D eigenvalue weighted by Gasteiger charge is 2.20. The van der Waals surface area contributed by atoms with Gasteiger partial charge >= 0.3 is 0 Å². The molecule has 0 aliphatic rings. The molecule has 10 heteroatoms. The Labute approximate surface area is 202 Å². The molecule has 0 fully saturated rings. The predicted octanol–water partition coefficient (Wildman–Crippen LogP) is 4.92. The maximum absolute atomic E-state index is 12.7. The molecule has 0 atom stereocenters. The van der Waals surface area contributed by atoms with E-state index in [0.29, 0.717) is 59.7 Å². The highest BCUT2D eigenvalue weighted by Crippen LogP contribution is 2.42. The van der Waals surface area contributed by atoms with E-state index in [-0.39, 0.29) is 22.6 Å². The first kappa shape index (κ1) is 25.2. The van der Waals surface area contributed by atoms with Crippen LogP contribution in [-0.2, 0) is 0 Å². The van der Waals surface area contributed by atoms with E-state index < -0.39 is 0 Å². The van der Waals surface area contributed by atoms with Crippen LogP contribution in [0.4, 0.5) is 0 Å². The zero-order chi connectivity index (χ0) is 24.5. The highest BCUT2D eigenvalue weighted by atomic mass is 32.2. The lowest BCUT2D eigenvalue weighted by molar-refractivity contribution is 0.101. The number of benzene rings is 2. The van der Waals surface area contributed by atoms with Crippen molar-refractivity contribution in [2.45, 2.75) is 26.0 Å². The van der Waals surface area contributed by atoms with Crippen molar-refractivity contribution in [2.75, 3.05) is 39.8 Å². The Morgan fingerprint density at radius 2 is 1.56 bits per heavy atom. The Balaban J connectivity index is 1.79. The van der Waals surface area contributed by atoms with Crippen molar-refractivity contribution in [3.8, 4) is 40.2 Å². The molecule has 2 aromatic carbocycles. The molecule has 1 heterocycles.